The molecule has 0 radical (unpaired) electrons. The number of thioether (sulfide) groups is 1. The van der Waals surface area contributed by atoms with E-state index in [9.17, 15) is 24.3 Å². The summed E-state index contributed by atoms with van der Waals surface area (Å²) in [4.78, 5) is 52.7. The van der Waals surface area contributed by atoms with Crippen LogP contribution in [-0.2, 0) is 20.7 Å². The Morgan fingerprint density at radius 1 is 0.872 bits per heavy atom. The van der Waals surface area contributed by atoms with Crippen molar-refractivity contribution in [2.75, 3.05) is 23.6 Å². The molecule has 4 aromatic carbocycles. The average molecular weight is 691 g/mol. The standard InChI is InChI=1S/C35H29Cl2N3O6S/c36-27-10-5-11-28(37)31(27)33(42)38-21-14-12-20(13-15-21)16-29(34(43)44)39-32(41)30-18-47-19-40(30)35(45)46-17-26-24-8-3-1-6-22(24)23-7-2-4-9-25(23)26/h1-15,26,29-30H,16-19H2,(H,38,42)(H,39,41)(H,43,44)/t29-,30+/m0/s1. The maximum atomic E-state index is 13.3. The highest BCUT2D eigenvalue weighted by atomic mass is 35.5. The molecule has 1 aliphatic heterocycles. The summed E-state index contributed by atoms with van der Waals surface area (Å²) in [6, 6.07) is 25.2. The van der Waals surface area contributed by atoms with Crippen molar-refractivity contribution in [2.24, 2.45) is 0 Å². The van der Waals surface area contributed by atoms with Crippen molar-refractivity contribution in [2.45, 2.75) is 24.4 Å². The third-order valence-corrected chi connectivity index (χ3v) is 9.85. The molecule has 4 aromatic rings. The van der Waals surface area contributed by atoms with Crippen LogP contribution in [-0.4, -0.2) is 64.2 Å². The number of fused-ring (bicyclic) bond motifs is 3. The quantitative estimate of drug-likeness (QED) is 0.179. The molecule has 2 atom stereocenters. The molecule has 1 fully saturated rings. The van der Waals surface area contributed by atoms with Gasteiger partial charge in [-0.3, -0.25) is 14.5 Å². The first-order chi connectivity index (χ1) is 22.7. The second kappa shape index (κ2) is 14.1. The summed E-state index contributed by atoms with van der Waals surface area (Å²) in [5, 5.41) is 15.7. The number of rotatable bonds is 9. The van der Waals surface area contributed by atoms with Crippen LogP contribution in [0.5, 0.6) is 0 Å². The normalized spacial score (nSPS) is 15.8. The van der Waals surface area contributed by atoms with Crippen molar-refractivity contribution in [1.29, 1.82) is 0 Å². The maximum absolute atomic E-state index is 13.3. The van der Waals surface area contributed by atoms with Crippen molar-refractivity contribution < 1.29 is 29.0 Å². The molecule has 0 saturated carbocycles. The zero-order chi connectivity index (χ0) is 33.1. The van der Waals surface area contributed by atoms with Crippen molar-refractivity contribution in [1.82, 2.24) is 10.2 Å². The molecule has 6 rings (SSSR count). The second-order valence-electron chi connectivity index (χ2n) is 11.1. The predicted octanol–water partition coefficient (Wildman–Crippen LogP) is 6.68. The zero-order valence-electron chi connectivity index (χ0n) is 24.8. The molecule has 2 aliphatic rings. The van der Waals surface area contributed by atoms with Gasteiger partial charge >= 0.3 is 12.1 Å². The smallest absolute Gasteiger partial charge is 0.411 e. The largest absolute Gasteiger partial charge is 0.480 e. The van der Waals surface area contributed by atoms with Crippen molar-refractivity contribution in [3.8, 4) is 11.1 Å². The van der Waals surface area contributed by atoms with Crippen LogP contribution in [0, 0.1) is 0 Å². The Morgan fingerprint density at radius 3 is 2.11 bits per heavy atom. The van der Waals surface area contributed by atoms with Crippen LogP contribution >= 0.6 is 35.0 Å². The molecule has 12 heteroatoms. The highest BCUT2D eigenvalue weighted by Gasteiger charge is 2.38. The summed E-state index contributed by atoms with van der Waals surface area (Å²) in [6.45, 7) is 0.113. The molecule has 47 heavy (non-hydrogen) atoms. The molecule has 3 N–H and O–H groups in total. The van der Waals surface area contributed by atoms with Crippen LogP contribution in [0.25, 0.3) is 11.1 Å². The van der Waals surface area contributed by atoms with Crippen LogP contribution in [0.3, 0.4) is 0 Å². The van der Waals surface area contributed by atoms with Gasteiger partial charge in [0.05, 0.1) is 21.5 Å². The van der Waals surface area contributed by atoms with E-state index in [4.69, 9.17) is 27.9 Å². The van der Waals surface area contributed by atoms with Gasteiger partial charge in [0, 0.05) is 23.8 Å². The van der Waals surface area contributed by atoms with Crippen LogP contribution in [0.4, 0.5) is 10.5 Å². The molecular weight excluding hydrogens is 661 g/mol. The number of aliphatic carboxylic acids is 1. The van der Waals surface area contributed by atoms with Crippen LogP contribution in [0.15, 0.2) is 91.0 Å². The Labute approximate surface area is 285 Å². The number of carboxylic acid groups (broad SMARTS) is 1. The van der Waals surface area contributed by atoms with E-state index in [0.29, 0.717) is 17.0 Å². The first-order valence-corrected chi connectivity index (χ1v) is 16.7. The van der Waals surface area contributed by atoms with Gasteiger partial charge in [-0.05, 0) is 52.1 Å². The lowest BCUT2D eigenvalue weighted by molar-refractivity contribution is -0.142. The van der Waals surface area contributed by atoms with E-state index in [0.717, 1.165) is 22.3 Å². The predicted molar refractivity (Wildman–Crippen MR) is 182 cm³/mol. The number of carbonyl (C=O) groups excluding carboxylic acids is 3. The number of amides is 3. The lowest BCUT2D eigenvalue weighted by Gasteiger charge is -2.25. The van der Waals surface area contributed by atoms with E-state index in [-0.39, 0.29) is 40.4 Å². The Kier molecular flexibility index (Phi) is 9.72. The number of hydrogen-bond acceptors (Lipinski definition) is 6. The van der Waals surface area contributed by atoms with Gasteiger partial charge < -0.3 is 20.5 Å². The number of hydrogen-bond donors (Lipinski definition) is 3. The van der Waals surface area contributed by atoms with Gasteiger partial charge in [0.2, 0.25) is 5.91 Å². The Morgan fingerprint density at radius 2 is 1.49 bits per heavy atom. The van der Waals surface area contributed by atoms with Gasteiger partial charge in [-0.2, -0.15) is 0 Å². The molecule has 9 nitrogen and oxygen atoms in total. The fraction of sp³-hybridized carbons (Fsp3) is 0.200. The molecular formula is C35H29Cl2N3O6S. The van der Waals surface area contributed by atoms with Gasteiger partial charge in [0.25, 0.3) is 5.91 Å². The van der Waals surface area contributed by atoms with E-state index in [1.165, 1.54) is 16.7 Å². The first kappa shape index (κ1) is 32.4. The average Bonchev–Trinajstić information content (AvgIpc) is 3.68. The SMILES string of the molecule is O=C(Nc1ccc(C[C@H](NC(=O)[C@H]2CSCN2C(=O)OCC2c3ccccc3-c3ccccc32)C(=O)O)cc1)c1c(Cl)cccc1Cl. The number of nitrogens with zero attached hydrogens (tertiary/aromatic N) is 1. The van der Waals surface area contributed by atoms with Crippen LogP contribution in [0.2, 0.25) is 10.0 Å². The highest BCUT2D eigenvalue weighted by molar-refractivity contribution is 7.99. The first-order valence-electron chi connectivity index (χ1n) is 14.8. The maximum Gasteiger partial charge on any atom is 0.411 e. The monoisotopic (exact) mass is 689 g/mol. The number of benzene rings is 4. The zero-order valence-corrected chi connectivity index (χ0v) is 27.1. The minimum absolute atomic E-state index is 0.0174. The molecule has 0 bridgehead atoms. The summed E-state index contributed by atoms with van der Waals surface area (Å²) in [7, 11) is 0. The lowest BCUT2D eigenvalue weighted by Crippen LogP contribution is -2.52. The fourth-order valence-corrected chi connectivity index (χ4v) is 7.56. The molecule has 1 saturated heterocycles. The van der Waals surface area contributed by atoms with Crippen LogP contribution in [0.1, 0.15) is 33.0 Å². The molecule has 3 amide bonds. The Bertz CT molecular complexity index is 1790. The molecule has 0 spiro atoms. The summed E-state index contributed by atoms with van der Waals surface area (Å²) >= 11 is 13.7. The lowest BCUT2D eigenvalue weighted by atomic mass is 9.98. The minimum Gasteiger partial charge on any atom is -0.480 e. The fourth-order valence-electron chi connectivity index (χ4n) is 5.85. The second-order valence-corrected chi connectivity index (χ2v) is 13.0. The Balaban J connectivity index is 1.06. The van der Waals surface area contributed by atoms with E-state index < -0.39 is 36.0 Å². The third-order valence-electron chi connectivity index (χ3n) is 8.21. The number of nitrogens with one attached hydrogen (secondary N) is 2. The van der Waals surface area contributed by atoms with Crippen molar-refractivity contribution in [3.05, 3.63) is 123 Å². The number of carboxylic acids is 1. The van der Waals surface area contributed by atoms with E-state index in [1.807, 2.05) is 36.4 Å². The number of carbonyl (C=O) groups is 4. The van der Waals surface area contributed by atoms with Gasteiger partial charge in [0.15, 0.2) is 0 Å². The third kappa shape index (κ3) is 6.95. The summed E-state index contributed by atoms with van der Waals surface area (Å²) in [6.07, 6.45) is -0.643. The van der Waals surface area contributed by atoms with Gasteiger partial charge in [-0.15, -0.1) is 11.8 Å². The minimum atomic E-state index is -1.25. The van der Waals surface area contributed by atoms with E-state index in [2.05, 4.69) is 22.8 Å². The van der Waals surface area contributed by atoms with Crippen LogP contribution < -0.4 is 10.6 Å². The molecule has 1 heterocycles. The van der Waals surface area contributed by atoms with Gasteiger partial charge in [0.1, 0.15) is 18.7 Å². The number of ether oxygens (including phenoxy) is 1. The number of halogens is 2. The molecule has 0 unspecified atom stereocenters. The summed E-state index contributed by atoms with van der Waals surface area (Å²) in [5.41, 5.74) is 5.59. The molecule has 1 aliphatic carbocycles. The highest BCUT2D eigenvalue weighted by Crippen LogP contribution is 2.44. The van der Waals surface area contributed by atoms with Crippen molar-refractivity contribution in [3.63, 3.8) is 0 Å². The van der Waals surface area contributed by atoms with E-state index >= 15 is 0 Å². The summed E-state index contributed by atoms with van der Waals surface area (Å²) in [5.74, 6) is -1.84. The van der Waals surface area contributed by atoms with Crippen molar-refractivity contribution >= 4 is 64.5 Å². The molecule has 240 valence electrons. The Hall–Kier alpha value is -4.51. The topological polar surface area (TPSA) is 125 Å². The molecule has 0 aromatic heterocycles. The summed E-state index contributed by atoms with van der Waals surface area (Å²) < 4.78 is 5.76. The van der Waals surface area contributed by atoms with Gasteiger partial charge in [-0.1, -0.05) is 89.9 Å². The number of anilines is 1. The van der Waals surface area contributed by atoms with E-state index in [1.54, 1.807) is 42.5 Å². The van der Waals surface area contributed by atoms with Gasteiger partial charge in [-0.25, -0.2) is 9.59 Å².